The van der Waals surface area contributed by atoms with Crippen molar-refractivity contribution < 1.29 is 0 Å². The van der Waals surface area contributed by atoms with Gasteiger partial charge in [0.05, 0.1) is 9.90 Å². The van der Waals surface area contributed by atoms with Gasteiger partial charge in [-0.3, -0.25) is 4.99 Å². The highest BCUT2D eigenvalue weighted by molar-refractivity contribution is 8.01. The zero-order valence-electron chi connectivity index (χ0n) is 13.6. The van der Waals surface area contributed by atoms with Crippen molar-refractivity contribution >= 4 is 46.6 Å². The fourth-order valence-electron chi connectivity index (χ4n) is 2.30. The van der Waals surface area contributed by atoms with Gasteiger partial charge in [-0.25, -0.2) is 0 Å². The molecule has 122 valence electrons. The Kier molecular flexibility index (Phi) is 5.77. The van der Waals surface area contributed by atoms with E-state index in [2.05, 4.69) is 49.2 Å². The summed E-state index contributed by atoms with van der Waals surface area (Å²) in [6, 6.07) is 20.5. The highest BCUT2D eigenvalue weighted by Gasteiger charge is 2.05. The monoisotopic (exact) mass is 371 g/mol. The minimum atomic E-state index is 0.470. The Labute approximate surface area is 156 Å². The van der Waals surface area contributed by atoms with Crippen molar-refractivity contribution in [1.82, 2.24) is 0 Å². The van der Waals surface area contributed by atoms with Gasteiger partial charge in [0, 0.05) is 21.0 Å². The molecule has 1 heterocycles. The maximum absolute atomic E-state index is 5.93. The molecule has 0 fully saturated rings. The van der Waals surface area contributed by atoms with Gasteiger partial charge in [0.25, 0.3) is 0 Å². The predicted molar refractivity (Wildman–Crippen MR) is 108 cm³/mol. The minimum absolute atomic E-state index is 0.470. The molecule has 0 radical (unpaired) electrons. The summed E-state index contributed by atoms with van der Waals surface area (Å²) < 4.78 is 1.25. The Balaban J connectivity index is 1.73. The van der Waals surface area contributed by atoms with Crippen LogP contribution in [0.3, 0.4) is 0 Å². The van der Waals surface area contributed by atoms with E-state index in [1.54, 1.807) is 23.1 Å². The minimum Gasteiger partial charge on any atom is -0.255 e. The Morgan fingerprint density at radius 3 is 2.50 bits per heavy atom. The highest BCUT2D eigenvalue weighted by atomic mass is 35.5. The highest BCUT2D eigenvalue weighted by Crippen LogP contribution is 2.34. The summed E-state index contributed by atoms with van der Waals surface area (Å²) in [7, 11) is 0. The lowest BCUT2D eigenvalue weighted by Crippen LogP contribution is -1.87. The third-order valence-corrected chi connectivity index (χ3v) is 5.94. The van der Waals surface area contributed by atoms with Crippen LogP contribution in [0.1, 0.15) is 30.2 Å². The molecule has 0 bridgehead atoms. The topological polar surface area (TPSA) is 12.4 Å². The van der Waals surface area contributed by atoms with Crippen LogP contribution in [0.25, 0.3) is 0 Å². The fourth-order valence-corrected chi connectivity index (χ4v) is 4.42. The molecule has 4 heteroatoms. The average molecular weight is 372 g/mol. The molecule has 0 saturated carbocycles. The van der Waals surface area contributed by atoms with Gasteiger partial charge in [-0.15, -0.1) is 11.3 Å². The van der Waals surface area contributed by atoms with Crippen molar-refractivity contribution in [2.45, 2.75) is 28.9 Å². The largest absolute Gasteiger partial charge is 0.255 e. The van der Waals surface area contributed by atoms with Gasteiger partial charge >= 0.3 is 0 Å². The van der Waals surface area contributed by atoms with Gasteiger partial charge in [-0.2, -0.15) is 0 Å². The maximum atomic E-state index is 5.93. The van der Waals surface area contributed by atoms with Crippen LogP contribution in [-0.2, 0) is 0 Å². The third kappa shape index (κ3) is 4.50. The Morgan fingerprint density at radius 2 is 1.75 bits per heavy atom. The number of thiophene rings is 1. The lowest BCUT2D eigenvalue weighted by molar-refractivity contribution is 0.867. The first-order valence-corrected chi connectivity index (χ1v) is 9.79. The second-order valence-electron chi connectivity index (χ2n) is 5.68. The molecular formula is C20H18ClNS2. The molecule has 3 rings (SSSR count). The quantitative estimate of drug-likeness (QED) is 0.425. The molecule has 0 saturated heterocycles. The zero-order chi connectivity index (χ0) is 16.9. The molecule has 1 nitrogen and oxygen atoms in total. The standard InChI is InChI=1S/C20H18ClNS2/c1-14(2)18-5-3-4-6-19(18)22-13-17-11-12-20(24-17)23-16-9-7-15(21)8-10-16/h3-14H,1-2H3. The molecule has 0 atom stereocenters. The number of hydrogen-bond acceptors (Lipinski definition) is 3. The van der Waals surface area contributed by atoms with E-state index in [0.29, 0.717) is 5.92 Å². The van der Waals surface area contributed by atoms with E-state index in [1.807, 2.05) is 36.5 Å². The lowest BCUT2D eigenvalue weighted by atomic mass is 10.0. The summed E-state index contributed by atoms with van der Waals surface area (Å²) in [6.45, 7) is 4.39. The second-order valence-corrected chi connectivity index (χ2v) is 8.61. The van der Waals surface area contributed by atoms with E-state index >= 15 is 0 Å². The molecule has 0 aliphatic heterocycles. The van der Waals surface area contributed by atoms with Crippen LogP contribution in [0.15, 0.2) is 74.8 Å². The van der Waals surface area contributed by atoms with Crippen molar-refractivity contribution in [1.29, 1.82) is 0 Å². The van der Waals surface area contributed by atoms with Crippen LogP contribution < -0.4 is 0 Å². The molecular weight excluding hydrogens is 354 g/mol. The predicted octanol–water partition coefficient (Wildman–Crippen LogP) is 7.43. The number of benzene rings is 2. The molecule has 0 unspecified atom stereocenters. The van der Waals surface area contributed by atoms with E-state index < -0.39 is 0 Å². The van der Waals surface area contributed by atoms with E-state index in [9.17, 15) is 0 Å². The van der Waals surface area contributed by atoms with Gasteiger partial charge < -0.3 is 0 Å². The van der Waals surface area contributed by atoms with Crippen molar-refractivity contribution in [2.75, 3.05) is 0 Å². The van der Waals surface area contributed by atoms with Gasteiger partial charge in [0.15, 0.2) is 0 Å². The fraction of sp³-hybridized carbons (Fsp3) is 0.150. The summed E-state index contributed by atoms with van der Waals surface area (Å²) in [4.78, 5) is 7.04. The van der Waals surface area contributed by atoms with Gasteiger partial charge in [-0.1, -0.05) is 55.4 Å². The molecule has 0 aliphatic rings. The Hall–Kier alpha value is -1.55. The average Bonchev–Trinajstić information content (AvgIpc) is 3.03. The maximum Gasteiger partial charge on any atom is 0.0664 e. The molecule has 3 aromatic rings. The number of rotatable bonds is 5. The third-order valence-electron chi connectivity index (χ3n) is 3.52. The summed E-state index contributed by atoms with van der Waals surface area (Å²) in [5.74, 6) is 0.470. The number of para-hydroxylation sites is 1. The molecule has 0 N–H and O–H groups in total. The number of nitrogens with zero attached hydrogens (tertiary/aromatic N) is 1. The summed E-state index contributed by atoms with van der Waals surface area (Å²) in [6.07, 6.45) is 1.96. The van der Waals surface area contributed by atoms with E-state index in [0.717, 1.165) is 15.6 Å². The van der Waals surface area contributed by atoms with E-state index in [1.165, 1.54) is 14.7 Å². The van der Waals surface area contributed by atoms with Crippen LogP contribution in [0, 0.1) is 0 Å². The van der Waals surface area contributed by atoms with E-state index in [-0.39, 0.29) is 0 Å². The van der Waals surface area contributed by atoms with Crippen LogP contribution in [0.2, 0.25) is 5.02 Å². The Morgan fingerprint density at radius 1 is 1.00 bits per heavy atom. The van der Waals surface area contributed by atoms with Gasteiger partial charge in [0.1, 0.15) is 0 Å². The summed E-state index contributed by atoms with van der Waals surface area (Å²) in [5, 5.41) is 0.766. The first kappa shape index (κ1) is 17.3. The Bertz CT molecular complexity index is 835. The first-order chi connectivity index (χ1) is 11.6. The van der Waals surface area contributed by atoms with Crippen LogP contribution in [-0.4, -0.2) is 6.21 Å². The van der Waals surface area contributed by atoms with Crippen molar-refractivity contribution in [3.63, 3.8) is 0 Å². The summed E-state index contributed by atoms with van der Waals surface area (Å²) in [5.41, 5.74) is 2.33. The van der Waals surface area contributed by atoms with Crippen molar-refractivity contribution in [3.8, 4) is 0 Å². The first-order valence-electron chi connectivity index (χ1n) is 7.78. The van der Waals surface area contributed by atoms with Crippen molar-refractivity contribution in [3.05, 3.63) is 76.1 Å². The molecule has 0 aliphatic carbocycles. The van der Waals surface area contributed by atoms with Crippen LogP contribution in [0.5, 0.6) is 0 Å². The van der Waals surface area contributed by atoms with Gasteiger partial charge in [0.2, 0.25) is 0 Å². The second kappa shape index (κ2) is 8.02. The van der Waals surface area contributed by atoms with Gasteiger partial charge in [-0.05, 0) is 53.9 Å². The molecule has 2 aromatic carbocycles. The van der Waals surface area contributed by atoms with Crippen LogP contribution >= 0.6 is 34.7 Å². The lowest BCUT2D eigenvalue weighted by Gasteiger charge is -2.07. The molecule has 0 spiro atoms. The normalized spacial score (nSPS) is 11.5. The number of halogens is 1. The number of aliphatic imine (C=N–C) groups is 1. The van der Waals surface area contributed by atoms with Crippen molar-refractivity contribution in [2.24, 2.45) is 4.99 Å². The van der Waals surface area contributed by atoms with Crippen LogP contribution in [0.4, 0.5) is 5.69 Å². The SMILES string of the molecule is CC(C)c1ccccc1N=Cc1ccc(Sc2ccc(Cl)cc2)s1. The zero-order valence-corrected chi connectivity index (χ0v) is 16.0. The molecule has 24 heavy (non-hydrogen) atoms. The smallest absolute Gasteiger partial charge is 0.0664 e. The summed E-state index contributed by atoms with van der Waals surface area (Å²) >= 11 is 9.42. The number of hydrogen-bond donors (Lipinski definition) is 0. The van der Waals surface area contributed by atoms with E-state index in [4.69, 9.17) is 11.6 Å². The molecule has 1 aromatic heterocycles. The molecule has 0 amide bonds.